The molecule has 172 valence electrons. The molecule has 0 radical (unpaired) electrons. The summed E-state index contributed by atoms with van der Waals surface area (Å²) < 4.78 is 10.7. The fourth-order valence-corrected chi connectivity index (χ4v) is 4.14. The molecule has 3 aromatic carbocycles. The van der Waals surface area contributed by atoms with E-state index in [-0.39, 0.29) is 12.6 Å². The van der Waals surface area contributed by atoms with E-state index in [2.05, 4.69) is 39.8 Å². The van der Waals surface area contributed by atoms with Crippen LogP contribution in [-0.2, 0) is 20.9 Å². The number of morpholine rings is 1. The molecule has 2 amide bonds. The first kappa shape index (κ1) is 22.8. The van der Waals surface area contributed by atoms with Gasteiger partial charge in [-0.1, -0.05) is 54.6 Å². The van der Waals surface area contributed by atoms with Gasteiger partial charge in [-0.05, 0) is 34.0 Å². The molecule has 0 aliphatic carbocycles. The van der Waals surface area contributed by atoms with Crippen LogP contribution in [-0.4, -0.2) is 56.7 Å². The molecule has 1 aliphatic rings. The molecule has 0 aromatic heterocycles. The molecular formula is C26H29N3O4. The summed E-state index contributed by atoms with van der Waals surface area (Å²) in [6.45, 7) is 3.45. The van der Waals surface area contributed by atoms with E-state index in [1.807, 2.05) is 42.5 Å². The number of ether oxygens (including phenoxy) is 2. The van der Waals surface area contributed by atoms with Crippen molar-refractivity contribution in [2.75, 3.05) is 40.0 Å². The Bertz CT molecular complexity index is 1090. The van der Waals surface area contributed by atoms with Crippen molar-refractivity contribution in [3.63, 3.8) is 0 Å². The Morgan fingerprint density at radius 1 is 0.939 bits per heavy atom. The highest BCUT2D eigenvalue weighted by Gasteiger charge is 2.25. The third kappa shape index (κ3) is 5.69. The van der Waals surface area contributed by atoms with Gasteiger partial charge in [0.25, 0.3) is 0 Å². The fraction of sp³-hybridized carbons (Fsp3) is 0.308. The van der Waals surface area contributed by atoms with Gasteiger partial charge in [-0.2, -0.15) is 0 Å². The average Bonchev–Trinajstić information content (AvgIpc) is 2.88. The molecule has 0 saturated carbocycles. The van der Waals surface area contributed by atoms with Gasteiger partial charge in [-0.15, -0.1) is 0 Å². The van der Waals surface area contributed by atoms with Gasteiger partial charge < -0.3 is 20.1 Å². The first-order valence-electron chi connectivity index (χ1n) is 11.1. The molecule has 1 heterocycles. The summed E-state index contributed by atoms with van der Waals surface area (Å²) in [6.07, 6.45) is 0. The lowest BCUT2D eigenvalue weighted by Gasteiger charge is -2.35. The lowest BCUT2D eigenvalue weighted by Crippen LogP contribution is -2.46. The highest BCUT2D eigenvalue weighted by molar-refractivity contribution is 6.35. The zero-order valence-electron chi connectivity index (χ0n) is 18.8. The van der Waals surface area contributed by atoms with Crippen LogP contribution in [0.25, 0.3) is 10.8 Å². The van der Waals surface area contributed by atoms with Crippen LogP contribution in [0.5, 0.6) is 5.75 Å². The van der Waals surface area contributed by atoms with Crippen LogP contribution in [0.3, 0.4) is 0 Å². The third-order valence-electron chi connectivity index (χ3n) is 5.94. The van der Waals surface area contributed by atoms with E-state index in [1.54, 1.807) is 7.11 Å². The lowest BCUT2D eigenvalue weighted by atomic mass is 9.97. The molecule has 1 aliphatic heterocycles. The average molecular weight is 448 g/mol. The van der Waals surface area contributed by atoms with Crippen molar-refractivity contribution in [3.8, 4) is 5.75 Å². The largest absolute Gasteiger partial charge is 0.497 e. The smallest absolute Gasteiger partial charge is 0.309 e. The van der Waals surface area contributed by atoms with Crippen molar-refractivity contribution in [3.05, 3.63) is 77.9 Å². The summed E-state index contributed by atoms with van der Waals surface area (Å²) in [5.74, 6) is -0.545. The Kier molecular flexibility index (Phi) is 7.55. The van der Waals surface area contributed by atoms with Gasteiger partial charge in [-0.25, -0.2) is 0 Å². The Morgan fingerprint density at radius 3 is 2.39 bits per heavy atom. The number of methoxy groups -OCH3 is 1. The first-order chi connectivity index (χ1) is 16.2. The zero-order valence-corrected chi connectivity index (χ0v) is 18.8. The van der Waals surface area contributed by atoms with Crippen LogP contribution >= 0.6 is 0 Å². The molecule has 1 fully saturated rings. The van der Waals surface area contributed by atoms with E-state index >= 15 is 0 Å². The van der Waals surface area contributed by atoms with Crippen molar-refractivity contribution in [1.82, 2.24) is 15.5 Å². The number of fused-ring (bicyclic) bond motifs is 1. The van der Waals surface area contributed by atoms with Crippen LogP contribution < -0.4 is 15.4 Å². The van der Waals surface area contributed by atoms with E-state index in [1.165, 1.54) is 0 Å². The summed E-state index contributed by atoms with van der Waals surface area (Å²) >= 11 is 0. The van der Waals surface area contributed by atoms with Crippen molar-refractivity contribution in [1.29, 1.82) is 0 Å². The van der Waals surface area contributed by atoms with Gasteiger partial charge >= 0.3 is 11.8 Å². The second-order valence-corrected chi connectivity index (χ2v) is 7.97. The topological polar surface area (TPSA) is 79.9 Å². The number of benzene rings is 3. The maximum Gasteiger partial charge on any atom is 0.309 e. The second-order valence-electron chi connectivity index (χ2n) is 7.97. The van der Waals surface area contributed by atoms with Gasteiger partial charge in [0.2, 0.25) is 0 Å². The van der Waals surface area contributed by atoms with Crippen molar-refractivity contribution >= 4 is 22.6 Å². The standard InChI is InChI=1S/C26H29N3O4/c1-32-21-11-9-19(10-12-21)17-27-25(30)26(31)28-18-24(29-13-15-33-16-14-29)23-8-4-6-20-5-2-3-7-22(20)23/h2-12,24H,13-18H2,1H3,(H,27,30)(H,28,31)/t24-/m0/s1. The predicted molar refractivity (Wildman–Crippen MR) is 127 cm³/mol. The molecule has 2 N–H and O–H groups in total. The number of carbonyl (C=O) groups excluding carboxylic acids is 2. The van der Waals surface area contributed by atoms with Crippen LogP contribution in [0.2, 0.25) is 0 Å². The fourth-order valence-electron chi connectivity index (χ4n) is 4.14. The summed E-state index contributed by atoms with van der Waals surface area (Å²) in [5, 5.41) is 7.83. The molecule has 1 atom stereocenters. The predicted octanol–water partition coefficient (Wildman–Crippen LogP) is 2.65. The van der Waals surface area contributed by atoms with Gasteiger partial charge in [0.15, 0.2) is 0 Å². The second kappa shape index (κ2) is 10.9. The Hall–Kier alpha value is -3.42. The minimum absolute atomic E-state index is 0.0571. The molecule has 7 heteroatoms. The van der Waals surface area contributed by atoms with E-state index in [0.717, 1.165) is 40.7 Å². The minimum Gasteiger partial charge on any atom is -0.497 e. The van der Waals surface area contributed by atoms with Gasteiger partial charge in [0.1, 0.15) is 5.75 Å². The summed E-state index contributed by atoms with van der Waals surface area (Å²) in [6, 6.07) is 21.7. The van der Waals surface area contributed by atoms with Crippen molar-refractivity contribution in [2.45, 2.75) is 12.6 Å². The van der Waals surface area contributed by atoms with Crippen LogP contribution in [0.1, 0.15) is 17.2 Å². The number of nitrogens with one attached hydrogen (secondary N) is 2. The van der Waals surface area contributed by atoms with E-state index < -0.39 is 11.8 Å². The highest BCUT2D eigenvalue weighted by atomic mass is 16.5. The summed E-state index contributed by atoms with van der Waals surface area (Å²) in [5.41, 5.74) is 2.02. The normalized spacial score (nSPS) is 15.1. The molecule has 4 rings (SSSR count). The lowest BCUT2D eigenvalue weighted by molar-refractivity contribution is -0.139. The molecule has 0 unspecified atom stereocenters. The minimum atomic E-state index is -0.649. The van der Waals surface area contributed by atoms with Crippen molar-refractivity contribution < 1.29 is 19.1 Å². The number of nitrogens with zero attached hydrogens (tertiary/aromatic N) is 1. The highest BCUT2D eigenvalue weighted by Crippen LogP contribution is 2.28. The maximum atomic E-state index is 12.6. The van der Waals surface area contributed by atoms with E-state index in [4.69, 9.17) is 9.47 Å². The zero-order chi connectivity index (χ0) is 23.0. The number of amides is 2. The summed E-state index contributed by atoms with van der Waals surface area (Å²) in [4.78, 5) is 27.3. The molecule has 0 spiro atoms. The number of rotatable bonds is 7. The molecule has 0 bridgehead atoms. The molecule has 3 aromatic rings. The Balaban J connectivity index is 1.42. The quantitative estimate of drug-likeness (QED) is 0.545. The number of carbonyl (C=O) groups is 2. The van der Waals surface area contributed by atoms with Crippen LogP contribution in [0, 0.1) is 0 Å². The SMILES string of the molecule is COc1ccc(CNC(=O)C(=O)NC[C@@H](c2cccc3ccccc23)N2CCOCC2)cc1. The van der Waals surface area contributed by atoms with Crippen molar-refractivity contribution in [2.24, 2.45) is 0 Å². The number of hydrogen-bond acceptors (Lipinski definition) is 5. The number of hydrogen-bond donors (Lipinski definition) is 2. The molecule has 1 saturated heterocycles. The third-order valence-corrected chi connectivity index (χ3v) is 5.94. The molecule has 33 heavy (non-hydrogen) atoms. The van der Waals surface area contributed by atoms with Gasteiger partial charge in [0.05, 0.1) is 26.4 Å². The molecule has 7 nitrogen and oxygen atoms in total. The monoisotopic (exact) mass is 447 g/mol. The summed E-state index contributed by atoms with van der Waals surface area (Å²) in [7, 11) is 1.60. The van der Waals surface area contributed by atoms with Gasteiger partial charge in [-0.3, -0.25) is 14.5 Å². The van der Waals surface area contributed by atoms with E-state index in [0.29, 0.717) is 19.8 Å². The Morgan fingerprint density at radius 2 is 1.64 bits per heavy atom. The molecular weight excluding hydrogens is 418 g/mol. The van der Waals surface area contributed by atoms with Gasteiger partial charge in [0, 0.05) is 26.2 Å². The van der Waals surface area contributed by atoms with Crippen LogP contribution in [0.4, 0.5) is 0 Å². The first-order valence-corrected chi connectivity index (χ1v) is 11.1. The Labute approximate surface area is 193 Å². The maximum absolute atomic E-state index is 12.6. The van der Waals surface area contributed by atoms with E-state index in [9.17, 15) is 9.59 Å². The van der Waals surface area contributed by atoms with Crippen LogP contribution in [0.15, 0.2) is 66.7 Å².